The Balaban J connectivity index is 1.46. The molecule has 7 nitrogen and oxygen atoms in total. The Labute approximate surface area is 200 Å². The van der Waals surface area contributed by atoms with Gasteiger partial charge in [0.05, 0.1) is 18.8 Å². The fourth-order valence-corrected chi connectivity index (χ4v) is 4.72. The largest absolute Gasteiger partial charge is 0.381 e. The van der Waals surface area contributed by atoms with Gasteiger partial charge < -0.3 is 9.67 Å². The predicted octanol–water partition coefficient (Wildman–Crippen LogP) is 3.87. The smallest absolute Gasteiger partial charge is 0.137 e. The van der Waals surface area contributed by atoms with Gasteiger partial charge in [-0.25, -0.2) is 23.4 Å². The van der Waals surface area contributed by atoms with E-state index in [1.807, 2.05) is 42.3 Å². The lowest BCUT2D eigenvalue weighted by Gasteiger charge is -2.42. The molecule has 1 aliphatic rings. The van der Waals surface area contributed by atoms with Gasteiger partial charge in [0.2, 0.25) is 0 Å². The molecule has 2 aromatic heterocycles. The highest BCUT2D eigenvalue weighted by molar-refractivity contribution is 6.30. The van der Waals surface area contributed by atoms with E-state index < -0.39 is 23.3 Å². The zero-order valence-electron chi connectivity index (χ0n) is 18.4. The average molecular weight is 485 g/mol. The number of benzene rings is 2. The normalized spacial score (nSPS) is 16.7. The standard InChI is InChI=1S/C24H23ClF2N6O/c1-16(24(34,13-33-15-28-14-29-33)20-6-5-19(26)10-21(20)27)31-7-8-32-11-22(30-23(32)12-31)17-3-2-4-18(25)9-17/h2-6,9-11,14-16,34H,7-8,12-13H2,1H3. The van der Waals surface area contributed by atoms with E-state index in [2.05, 4.69) is 14.6 Å². The van der Waals surface area contributed by atoms with E-state index in [1.165, 1.54) is 23.4 Å². The molecular formula is C24H23ClF2N6O. The number of imidazole rings is 1. The van der Waals surface area contributed by atoms with Crippen LogP contribution in [0.15, 0.2) is 61.3 Å². The number of aliphatic hydroxyl groups is 1. The Morgan fingerprint density at radius 1 is 1.18 bits per heavy atom. The lowest BCUT2D eigenvalue weighted by Crippen LogP contribution is -2.53. The molecule has 2 aromatic carbocycles. The SMILES string of the molecule is CC(N1CCn2cc(-c3cccc(Cl)c3)nc2C1)C(O)(Cn1cncn1)c1ccc(F)cc1F. The average Bonchev–Trinajstić information content (AvgIpc) is 3.47. The molecule has 0 amide bonds. The molecule has 3 heterocycles. The summed E-state index contributed by atoms with van der Waals surface area (Å²) in [6.45, 7) is 3.50. The maximum atomic E-state index is 14.9. The summed E-state index contributed by atoms with van der Waals surface area (Å²) < 4.78 is 32.0. The van der Waals surface area contributed by atoms with E-state index >= 15 is 0 Å². The van der Waals surface area contributed by atoms with Gasteiger partial charge in [-0.05, 0) is 25.1 Å². The second-order valence-corrected chi connectivity index (χ2v) is 8.97. The minimum absolute atomic E-state index is 0.00503. The third kappa shape index (κ3) is 4.22. The van der Waals surface area contributed by atoms with Crippen molar-refractivity contribution in [1.29, 1.82) is 0 Å². The third-order valence-corrected chi connectivity index (χ3v) is 6.69. The zero-order valence-corrected chi connectivity index (χ0v) is 19.2. The van der Waals surface area contributed by atoms with Crippen LogP contribution >= 0.6 is 11.6 Å². The number of rotatable bonds is 6. The van der Waals surface area contributed by atoms with Gasteiger partial charge in [0.25, 0.3) is 0 Å². The van der Waals surface area contributed by atoms with Crippen LogP contribution in [0.25, 0.3) is 11.3 Å². The van der Waals surface area contributed by atoms with Crippen LogP contribution in [0.4, 0.5) is 8.78 Å². The predicted molar refractivity (Wildman–Crippen MR) is 123 cm³/mol. The van der Waals surface area contributed by atoms with Crippen LogP contribution < -0.4 is 0 Å². The molecule has 34 heavy (non-hydrogen) atoms. The first-order chi connectivity index (χ1) is 16.3. The number of aromatic nitrogens is 5. The van der Waals surface area contributed by atoms with Crippen LogP contribution in [-0.4, -0.2) is 46.9 Å². The highest BCUT2D eigenvalue weighted by Crippen LogP contribution is 2.34. The molecule has 1 N–H and O–H groups in total. The molecule has 0 saturated carbocycles. The van der Waals surface area contributed by atoms with E-state index in [1.54, 1.807) is 0 Å². The molecule has 0 fully saturated rings. The monoisotopic (exact) mass is 484 g/mol. The molecular weight excluding hydrogens is 462 g/mol. The molecule has 10 heteroatoms. The quantitative estimate of drug-likeness (QED) is 0.450. The molecule has 0 saturated heterocycles. The fraction of sp³-hybridized carbons (Fsp3) is 0.292. The first-order valence-electron chi connectivity index (χ1n) is 10.9. The van der Waals surface area contributed by atoms with Crippen molar-refractivity contribution < 1.29 is 13.9 Å². The summed E-state index contributed by atoms with van der Waals surface area (Å²) in [5.74, 6) is -0.683. The third-order valence-electron chi connectivity index (χ3n) is 6.46. The number of nitrogens with zero attached hydrogens (tertiary/aromatic N) is 6. The van der Waals surface area contributed by atoms with Crippen LogP contribution in [0.1, 0.15) is 18.3 Å². The lowest BCUT2D eigenvalue weighted by atomic mass is 9.85. The molecule has 5 rings (SSSR count). The van der Waals surface area contributed by atoms with E-state index in [0.29, 0.717) is 24.7 Å². The highest BCUT2D eigenvalue weighted by Gasteiger charge is 2.43. The fourth-order valence-electron chi connectivity index (χ4n) is 4.53. The van der Waals surface area contributed by atoms with Gasteiger partial charge in [-0.3, -0.25) is 4.90 Å². The summed E-state index contributed by atoms with van der Waals surface area (Å²) >= 11 is 6.14. The lowest BCUT2D eigenvalue weighted by molar-refractivity contribution is -0.0709. The van der Waals surface area contributed by atoms with Crippen molar-refractivity contribution in [3.8, 4) is 11.3 Å². The molecule has 0 radical (unpaired) electrons. The second-order valence-electron chi connectivity index (χ2n) is 8.53. The minimum Gasteiger partial charge on any atom is -0.381 e. The van der Waals surface area contributed by atoms with Gasteiger partial charge in [0.15, 0.2) is 0 Å². The summed E-state index contributed by atoms with van der Waals surface area (Å²) in [5, 5.41) is 16.6. The van der Waals surface area contributed by atoms with E-state index in [0.717, 1.165) is 29.2 Å². The van der Waals surface area contributed by atoms with Crippen molar-refractivity contribution in [3.63, 3.8) is 0 Å². The maximum absolute atomic E-state index is 14.9. The first-order valence-corrected chi connectivity index (χ1v) is 11.3. The van der Waals surface area contributed by atoms with Gasteiger partial charge in [-0.2, -0.15) is 5.10 Å². The molecule has 0 spiro atoms. The summed E-state index contributed by atoms with van der Waals surface area (Å²) in [5.41, 5.74) is 0.0423. The van der Waals surface area contributed by atoms with Crippen LogP contribution in [0, 0.1) is 11.6 Å². The molecule has 0 aliphatic carbocycles. The van der Waals surface area contributed by atoms with Gasteiger partial charge in [-0.15, -0.1) is 0 Å². The van der Waals surface area contributed by atoms with Gasteiger partial charge in [0.1, 0.15) is 35.7 Å². The van der Waals surface area contributed by atoms with E-state index in [-0.39, 0.29) is 12.1 Å². The summed E-state index contributed by atoms with van der Waals surface area (Å²) in [6, 6.07) is 10.2. The summed E-state index contributed by atoms with van der Waals surface area (Å²) in [6.07, 6.45) is 4.80. The Hall–Kier alpha value is -3.14. The zero-order chi connectivity index (χ0) is 23.9. The number of halogens is 3. The molecule has 4 aromatic rings. The molecule has 0 bridgehead atoms. The highest BCUT2D eigenvalue weighted by atomic mass is 35.5. The van der Waals surface area contributed by atoms with Crippen molar-refractivity contribution in [2.75, 3.05) is 6.54 Å². The van der Waals surface area contributed by atoms with Crippen molar-refractivity contribution in [1.82, 2.24) is 29.2 Å². The van der Waals surface area contributed by atoms with Crippen LogP contribution in [0.5, 0.6) is 0 Å². The minimum atomic E-state index is -1.70. The van der Waals surface area contributed by atoms with Crippen molar-refractivity contribution in [3.05, 3.63) is 89.4 Å². The van der Waals surface area contributed by atoms with Crippen LogP contribution in [0.2, 0.25) is 5.02 Å². The van der Waals surface area contributed by atoms with Gasteiger partial charge in [-0.1, -0.05) is 29.8 Å². The Kier molecular flexibility index (Phi) is 5.93. The van der Waals surface area contributed by atoms with Crippen molar-refractivity contribution in [2.24, 2.45) is 0 Å². The van der Waals surface area contributed by atoms with Crippen LogP contribution in [-0.2, 0) is 25.2 Å². The van der Waals surface area contributed by atoms with Gasteiger partial charge >= 0.3 is 0 Å². The molecule has 1 aliphatic heterocycles. The number of hydrogen-bond donors (Lipinski definition) is 1. The number of fused-ring (bicyclic) bond motifs is 1. The van der Waals surface area contributed by atoms with Crippen molar-refractivity contribution >= 4 is 11.6 Å². The second kappa shape index (κ2) is 8.90. The Bertz CT molecular complexity index is 1310. The number of hydrogen-bond acceptors (Lipinski definition) is 5. The summed E-state index contributed by atoms with van der Waals surface area (Å²) in [4.78, 5) is 10.8. The van der Waals surface area contributed by atoms with E-state index in [9.17, 15) is 13.9 Å². The Morgan fingerprint density at radius 2 is 2.03 bits per heavy atom. The molecule has 176 valence electrons. The maximum Gasteiger partial charge on any atom is 0.137 e. The van der Waals surface area contributed by atoms with E-state index in [4.69, 9.17) is 16.6 Å². The molecule has 2 atom stereocenters. The molecule has 2 unspecified atom stereocenters. The summed E-state index contributed by atoms with van der Waals surface area (Å²) in [7, 11) is 0. The van der Waals surface area contributed by atoms with Crippen molar-refractivity contribution in [2.45, 2.75) is 38.2 Å². The Morgan fingerprint density at radius 3 is 2.76 bits per heavy atom. The first kappa shape index (κ1) is 22.6. The van der Waals surface area contributed by atoms with Crippen LogP contribution in [0.3, 0.4) is 0 Å². The topological polar surface area (TPSA) is 72.0 Å². The van der Waals surface area contributed by atoms with Gasteiger partial charge in [0, 0.05) is 47.5 Å².